The summed E-state index contributed by atoms with van der Waals surface area (Å²) in [6, 6.07) is 8.32. The third kappa shape index (κ3) is 9.06. The van der Waals surface area contributed by atoms with Crippen LogP contribution in [0.5, 0.6) is 5.75 Å². The van der Waals surface area contributed by atoms with E-state index >= 15 is 0 Å². The summed E-state index contributed by atoms with van der Waals surface area (Å²) >= 11 is 0. The zero-order valence-electron chi connectivity index (χ0n) is 20.9. The van der Waals surface area contributed by atoms with Crippen molar-refractivity contribution in [2.24, 2.45) is 17.8 Å². The molecule has 0 spiro atoms. The van der Waals surface area contributed by atoms with E-state index in [1.807, 2.05) is 0 Å². The Kier molecular flexibility index (Phi) is 12.0. The number of hydrogen-bond donors (Lipinski definition) is 0. The minimum Gasteiger partial charge on any atom is -0.494 e. The number of hydrogen-bond acceptors (Lipinski definition) is 3. The Hall–Kier alpha value is -1.06. The van der Waals surface area contributed by atoms with Crippen LogP contribution in [0.2, 0.25) is 0 Å². The van der Waals surface area contributed by atoms with Gasteiger partial charge in [0.05, 0.1) is 19.8 Å². The van der Waals surface area contributed by atoms with E-state index in [2.05, 4.69) is 38.1 Å². The summed E-state index contributed by atoms with van der Waals surface area (Å²) in [5, 5.41) is 0. The Morgan fingerprint density at radius 3 is 1.78 bits per heavy atom. The van der Waals surface area contributed by atoms with Crippen LogP contribution < -0.4 is 4.74 Å². The molecular formula is C29H48O3. The van der Waals surface area contributed by atoms with Gasteiger partial charge >= 0.3 is 0 Å². The molecule has 1 saturated carbocycles. The maximum atomic E-state index is 6.02. The Balaban J connectivity index is 1.26. The molecule has 3 rings (SSSR count). The number of benzene rings is 1. The maximum absolute atomic E-state index is 6.02. The Morgan fingerprint density at radius 2 is 1.22 bits per heavy atom. The van der Waals surface area contributed by atoms with E-state index in [0.29, 0.717) is 5.92 Å². The minimum absolute atomic E-state index is 0.219. The molecule has 1 aromatic rings. The monoisotopic (exact) mass is 444 g/mol. The van der Waals surface area contributed by atoms with Crippen LogP contribution in [0.15, 0.2) is 24.3 Å². The lowest BCUT2D eigenvalue weighted by atomic mass is 9.78. The average molecular weight is 445 g/mol. The van der Waals surface area contributed by atoms with Crippen molar-refractivity contribution in [1.82, 2.24) is 0 Å². The fourth-order valence-electron chi connectivity index (χ4n) is 5.36. The summed E-state index contributed by atoms with van der Waals surface area (Å²) < 4.78 is 18.0. The summed E-state index contributed by atoms with van der Waals surface area (Å²) in [7, 11) is 0. The van der Waals surface area contributed by atoms with Crippen molar-refractivity contribution in [3.05, 3.63) is 29.8 Å². The van der Waals surface area contributed by atoms with Gasteiger partial charge in [-0.05, 0) is 43.2 Å². The highest BCUT2D eigenvalue weighted by atomic mass is 16.7. The summed E-state index contributed by atoms with van der Waals surface area (Å²) in [6.07, 6.45) is 18.8. The van der Waals surface area contributed by atoms with E-state index in [1.54, 1.807) is 0 Å². The Bertz CT molecular complexity index is 583. The summed E-state index contributed by atoms with van der Waals surface area (Å²) in [5.41, 5.74) is 1.10. The van der Waals surface area contributed by atoms with Gasteiger partial charge in [0.1, 0.15) is 5.75 Å². The molecule has 1 aliphatic carbocycles. The molecule has 0 bridgehead atoms. The van der Waals surface area contributed by atoms with Gasteiger partial charge in [-0.3, -0.25) is 0 Å². The van der Waals surface area contributed by atoms with E-state index < -0.39 is 0 Å². The second-order valence-corrected chi connectivity index (χ2v) is 10.3. The molecule has 2 aliphatic rings. The van der Waals surface area contributed by atoms with Gasteiger partial charge in [-0.15, -0.1) is 0 Å². The highest BCUT2D eigenvalue weighted by Gasteiger charge is 2.23. The van der Waals surface area contributed by atoms with Gasteiger partial charge in [0, 0.05) is 11.5 Å². The molecular weight excluding hydrogens is 396 g/mol. The van der Waals surface area contributed by atoms with Crippen molar-refractivity contribution in [2.45, 2.75) is 110 Å². The first-order chi connectivity index (χ1) is 15.8. The van der Waals surface area contributed by atoms with Crippen LogP contribution in [0.4, 0.5) is 0 Å². The molecule has 2 fully saturated rings. The quantitative estimate of drug-likeness (QED) is 0.269. The van der Waals surface area contributed by atoms with Gasteiger partial charge in [-0.25, -0.2) is 0 Å². The molecule has 3 heteroatoms. The SMILES string of the molecule is CCCCCC1CCC(CCCOc2ccc(C3OCC(CCCCC)CO3)cc2)CC1. The van der Waals surface area contributed by atoms with Gasteiger partial charge < -0.3 is 14.2 Å². The molecule has 32 heavy (non-hydrogen) atoms. The molecule has 0 amide bonds. The van der Waals surface area contributed by atoms with E-state index in [1.165, 1.54) is 89.9 Å². The number of ether oxygens (including phenoxy) is 3. The van der Waals surface area contributed by atoms with Gasteiger partial charge in [0.25, 0.3) is 0 Å². The van der Waals surface area contributed by atoms with Crippen LogP contribution in [-0.2, 0) is 9.47 Å². The molecule has 0 atom stereocenters. The van der Waals surface area contributed by atoms with Crippen molar-refractivity contribution in [3.8, 4) is 5.75 Å². The first kappa shape index (κ1) is 25.6. The number of unbranched alkanes of at least 4 members (excludes halogenated alkanes) is 4. The maximum Gasteiger partial charge on any atom is 0.183 e. The standard InChI is InChI=1S/C29H48O3/c1-3-5-7-10-24-13-15-25(16-14-24)12-9-21-30-28-19-17-27(18-20-28)29-31-22-26(23-32-29)11-8-6-4-2/h17-20,24-26,29H,3-16,21-23H2,1-2H3. The molecule has 0 unspecified atom stereocenters. The molecule has 1 aliphatic heterocycles. The van der Waals surface area contributed by atoms with E-state index in [0.717, 1.165) is 43.0 Å². The van der Waals surface area contributed by atoms with Crippen molar-refractivity contribution < 1.29 is 14.2 Å². The highest BCUT2D eigenvalue weighted by Crippen LogP contribution is 2.34. The fraction of sp³-hybridized carbons (Fsp3) is 0.793. The average Bonchev–Trinajstić information content (AvgIpc) is 2.84. The zero-order valence-corrected chi connectivity index (χ0v) is 20.9. The minimum atomic E-state index is -0.219. The smallest absolute Gasteiger partial charge is 0.183 e. The lowest BCUT2D eigenvalue weighted by Gasteiger charge is -2.29. The topological polar surface area (TPSA) is 27.7 Å². The fourth-order valence-corrected chi connectivity index (χ4v) is 5.36. The lowest BCUT2D eigenvalue weighted by molar-refractivity contribution is -0.206. The van der Waals surface area contributed by atoms with E-state index in [9.17, 15) is 0 Å². The van der Waals surface area contributed by atoms with Crippen LogP contribution in [0.25, 0.3) is 0 Å². The summed E-state index contributed by atoms with van der Waals surface area (Å²) in [6.45, 7) is 7.00. The molecule has 3 nitrogen and oxygen atoms in total. The summed E-state index contributed by atoms with van der Waals surface area (Å²) in [4.78, 5) is 0. The normalized spacial score (nSPS) is 26.2. The predicted molar refractivity (Wildman–Crippen MR) is 133 cm³/mol. The Labute approximate surface area is 197 Å². The van der Waals surface area contributed by atoms with Crippen LogP contribution in [0.3, 0.4) is 0 Å². The first-order valence-electron chi connectivity index (χ1n) is 13.7. The van der Waals surface area contributed by atoms with Crippen LogP contribution in [0.1, 0.15) is 116 Å². The molecule has 1 heterocycles. The second-order valence-electron chi connectivity index (χ2n) is 10.3. The van der Waals surface area contributed by atoms with Gasteiger partial charge in [-0.1, -0.05) is 96.6 Å². The molecule has 1 saturated heterocycles. The molecule has 0 radical (unpaired) electrons. The van der Waals surface area contributed by atoms with Crippen molar-refractivity contribution in [2.75, 3.05) is 19.8 Å². The van der Waals surface area contributed by atoms with Crippen molar-refractivity contribution >= 4 is 0 Å². The first-order valence-corrected chi connectivity index (χ1v) is 13.7. The zero-order chi connectivity index (χ0) is 22.4. The van der Waals surface area contributed by atoms with Crippen molar-refractivity contribution in [3.63, 3.8) is 0 Å². The summed E-state index contributed by atoms with van der Waals surface area (Å²) in [5.74, 6) is 3.45. The molecule has 0 N–H and O–H groups in total. The second kappa shape index (κ2) is 15.0. The number of rotatable bonds is 14. The highest BCUT2D eigenvalue weighted by molar-refractivity contribution is 5.28. The third-order valence-corrected chi connectivity index (χ3v) is 7.54. The third-order valence-electron chi connectivity index (χ3n) is 7.54. The van der Waals surface area contributed by atoms with Crippen LogP contribution >= 0.6 is 0 Å². The van der Waals surface area contributed by atoms with Crippen LogP contribution in [0, 0.1) is 17.8 Å². The van der Waals surface area contributed by atoms with Gasteiger partial charge in [0.15, 0.2) is 6.29 Å². The predicted octanol–water partition coefficient (Wildman–Crippen LogP) is 8.47. The van der Waals surface area contributed by atoms with Crippen LogP contribution in [-0.4, -0.2) is 19.8 Å². The van der Waals surface area contributed by atoms with Gasteiger partial charge in [0.2, 0.25) is 0 Å². The van der Waals surface area contributed by atoms with Gasteiger partial charge in [-0.2, -0.15) is 0 Å². The Morgan fingerprint density at radius 1 is 0.688 bits per heavy atom. The van der Waals surface area contributed by atoms with E-state index in [4.69, 9.17) is 14.2 Å². The lowest BCUT2D eigenvalue weighted by Crippen LogP contribution is -2.27. The molecule has 0 aromatic heterocycles. The van der Waals surface area contributed by atoms with Crippen molar-refractivity contribution in [1.29, 1.82) is 0 Å². The largest absolute Gasteiger partial charge is 0.494 e. The molecule has 1 aromatic carbocycles. The molecule has 182 valence electrons. The van der Waals surface area contributed by atoms with E-state index in [-0.39, 0.29) is 6.29 Å².